The van der Waals surface area contributed by atoms with E-state index in [1.54, 1.807) is 29.9 Å². The lowest BCUT2D eigenvalue weighted by Crippen LogP contribution is -2.57. The van der Waals surface area contributed by atoms with Crippen molar-refractivity contribution in [3.8, 4) is 11.5 Å². The Hall–Kier alpha value is -3.03. The number of benzene rings is 1. The highest BCUT2D eigenvalue weighted by atomic mass is 16.5. The van der Waals surface area contributed by atoms with E-state index in [9.17, 15) is 9.59 Å². The minimum Gasteiger partial charge on any atom is -0.493 e. The molecule has 2 heterocycles. The largest absolute Gasteiger partial charge is 0.493 e. The number of piperazine rings is 1. The first-order valence-corrected chi connectivity index (χ1v) is 8.95. The Kier molecular flexibility index (Phi) is 5.63. The summed E-state index contributed by atoms with van der Waals surface area (Å²) >= 11 is 0. The van der Waals surface area contributed by atoms with Gasteiger partial charge in [-0.3, -0.25) is 14.7 Å². The number of amides is 2. The fourth-order valence-corrected chi connectivity index (χ4v) is 3.11. The molecular weight excluding hydrogens is 348 g/mol. The van der Waals surface area contributed by atoms with Gasteiger partial charge in [-0.2, -0.15) is 5.10 Å². The standard InChI is InChI=1S/C19H24N4O4/c1-4-22-9-10-23(13(2)18(22)24)19(25)15-11-14(20-21-15)12-27-17-8-6-5-7-16(17)26-3/h5-8,11,13H,4,9-10,12H2,1-3H3,(H,20,21). The van der Waals surface area contributed by atoms with Crippen molar-refractivity contribution >= 4 is 11.8 Å². The third-order valence-corrected chi connectivity index (χ3v) is 4.69. The van der Waals surface area contributed by atoms with E-state index in [0.717, 1.165) is 0 Å². The molecule has 8 heteroatoms. The molecule has 1 unspecified atom stereocenters. The maximum Gasteiger partial charge on any atom is 0.275 e. The van der Waals surface area contributed by atoms with Crippen molar-refractivity contribution in [2.75, 3.05) is 26.7 Å². The Bertz CT molecular complexity index is 820. The molecule has 144 valence electrons. The first kappa shape index (κ1) is 18.8. The number of rotatable bonds is 6. The molecule has 1 fully saturated rings. The van der Waals surface area contributed by atoms with Gasteiger partial charge in [0.25, 0.3) is 5.91 Å². The van der Waals surface area contributed by atoms with Gasteiger partial charge in [0.2, 0.25) is 5.91 Å². The van der Waals surface area contributed by atoms with Gasteiger partial charge in [-0.15, -0.1) is 0 Å². The molecule has 1 aliphatic heterocycles. The van der Waals surface area contributed by atoms with Crippen molar-refractivity contribution in [1.29, 1.82) is 0 Å². The lowest BCUT2D eigenvalue weighted by atomic mass is 10.1. The lowest BCUT2D eigenvalue weighted by Gasteiger charge is -2.38. The molecule has 27 heavy (non-hydrogen) atoms. The maximum absolute atomic E-state index is 12.8. The predicted octanol–water partition coefficient (Wildman–Crippen LogP) is 1.69. The molecule has 1 aromatic heterocycles. The van der Waals surface area contributed by atoms with Crippen LogP contribution in [0.2, 0.25) is 0 Å². The minimum atomic E-state index is -0.490. The van der Waals surface area contributed by atoms with Crippen LogP contribution in [0.4, 0.5) is 0 Å². The summed E-state index contributed by atoms with van der Waals surface area (Å²) in [6.45, 7) is 5.60. The molecule has 8 nitrogen and oxygen atoms in total. The number of H-pyrrole nitrogens is 1. The van der Waals surface area contributed by atoms with E-state index in [1.165, 1.54) is 0 Å². The van der Waals surface area contributed by atoms with Crippen LogP contribution in [-0.2, 0) is 11.4 Å². The Morgan fingerprint density at radius 2 is 2.04 bits per heavy atom. The topological polar surface area (TPSA) is 87.8 Å². The van der Waals surface area contributed by atoms with Crippen LogP contribution in [0.25, 0.3) is 0 Å². The molecule has 2 aromatic rings. The van der Waals surface area contributed by atoms with Crippen LogP contribution in [0.5, 0.6) is 11.5 Å². The van der Waals surface area contributed by atoms with Crippen LogP contribution in [0.15, 0.2) is 30.3 Å². The van der Waals surface area contributed by atoms with Gasteiger partial charge in [0.15, 0.2) is 17.2 Å². The number of para-hydroxylation sites is 2. The number of aromatic amines is 1. The van der Waals surface area contributed by atoms with Crippen LogP contribution in [0, 0.1) is 0 Å². The van der Waals surface area contributed by atoms with Crippen molar-refractivity contribution in [2.45, 2.75) is 26.5 Å². The lowest BCUT2D eigenvalue weighted by molar-refractivity contribution is -0.139. The Morgan fingerprint density at radius 1 is 1.30 bits per heavy atom. The second-order valence-electron chi connectivity index (χ2n) is 6.31. The number of nitrogens with zero attached hydrogens (tertiary/aromatic N) is 3. The molecule has 1 aliphatic rings. The zero-order valence-corrected chi connectivity index (χ0v) is 15.8. The van der Waals surface area contributed by atoms with E-state index in [-0.39, 0.29) is 24.1 Å². The minimum absolute atomic E-state index is 0.0348. The van der Waals surface area contributed by atoms with E-state index in [0.29, 0.717) is 36.8 Å². The van der Waals surface area contributed by atoms with Gasteiger partial charge in [0.1, 0.15) is 12.6 Å². The van der Waals surface area contributed by atoms with Crippen LogP contribution < -0.4 is 9.47 Å². The normalized spacial score (nSPS) is 17.1. The number of hydrogen-bond donors (Lipinski definition) is 1. The number of carbonyl (C=O) groups excluding carboxylic acids is 2. The van der Waals surface area contributed by atoms with E-state index in [2.05, 4.69) is 10.2 Å². The summed E-state index contributed by atoms with van der Waals surface area (Å²) in [5.41, 5.74) is 0.939. The summed E-state index contributed by atoms with van der Waals surface area (Å²) in [4.78, 5) is 28.4. The number of likely N-dealkylation sites (N-methyl/N-ethyl adjacent to an activating group) is 1. The Labute approximate surface area is 158 Å². The van der Waals surface area contributed by atoms with Gasteiger partial charge in [-0.1, -0.05) is 12.1 Å². The monoisotopic (exact) mass is 372 g/mol. The Morgan fingerprint density at radius 3 is 2.74 bits per heavy atom. The highest BCUT2D eigenvalue weighted by Gasteiger charge is 2.34. The second kappa shape index (κ2) is 8.11. The summed E-state index contributed by atoms with van der Waals surface area (Å²) in [5, 5.41) is 6.91. The van der Waals surface area contributed by atoms with Gasteiger partial charge < -0.3 is 19.3 Å². The highest BCUT2D eigenvalue weighted by molar-refractivity contribution is 5.96. The molecule has 3 rings (SSSR count). The maximum atomic E-state index is 12.8. The molecule has 1 saturated heterocycles. The first-order chi connectivity index (χ1) is 13.0. The van der Waals surface area contributed by atoms with Crippen molar-refractivity contribution in [3.05, 3.63) is 41.7 Å². The molecular formula is C19H24N4O4. The number of methoxy groups -OCH3 is 1. The molecule has 1 N–H and O–H groups in total. The molecule has 1 atom stereocenters. The molecule has 0 saturated carbocycles. The molecule has 2 amide bonds. The fraction of sp³-hybridized carbons (Fsp3) is 0.421. The summed E-state index contributed by atoms with van der Waals surface area (Å²) in [5.74, 6) is 0.950. The van der Waals surface area contributed by atoms with Crippen LogP contribution in [0.3, 0.4) is 0 Å². The smallest absolute Gasteiger partial charge is 0.275 e. The van der Waals surface area contributed by atoms with Crippen LogP contribution in [0.1, 0.15) is 30.0 Å². The van der Waals surface area contributed by atoms with E-state index < -0.39 is 6.04 Å². The zero-order chi connectivity index (χ0) is 19.4. The van der Waals surface area contributed by atoms with E-state index in [4.69, 9.17) is 9.47 Å². The third-order valence-electron chi connectivity index (χ3n) is 4.69. The molecule has 0 radical (unpaired) electrons. The van der Waals surface area contributed by atoms with Gasteiger partial charge >= 0.3 is 0 Å². The fourth-order valence-electron chi connectivity index (χ4n) is 3.11. The summed E-state index contributed by atoms with van der Waals surface area (Å²) in [6.07, 6.45) is 0. The van der Waals surface area contributed by atoms with Gasteiger partial charge in [-0.25, -0.2) is 0 Å². The molecule has 0 spiro atoms. The van der Waals surface area contributed by atoms with E-state index >= 15 is 0 Å². The Balaban J connectivity index is 1.65. The summed E-state index contributed by atoms with van der Waals surface area (Å²) in [6, 6.07) is 8.50. The first-order valence-electron chi connectivity index (χ1n) is 8.95. The quantitative estimate of drug-likeness (QED) is 0.834. The zero-order valence-electron chi connectivity index (χ0n) is 15.8. The van der Waals surface area contributed by atoms with Crippen LogP contribution >= 0.6 is 0 Å². The van der Waals surface area contributed by atoms with Gasteiger partial charge in [0.05, 0.1) is 12.8 Å². The van der Waals surface area contributed by atoms with Gasteiger partial charge in [-0.05, 0) is 32.0 Å². The molecule has 0 aliphatic carbocycles. The third kappa shape index (κ3) is 3.89. The predicted molar refractivity (Wildman–Crippen MR) is 98.7 cm³/mol. The number of aromatic nitrogens is 2. The number of ether oxygens (including phenoxy) is 2. The van der Waals surface area contributed by atoms with Crippen LogP contribution in [-0.4, -0.2) is 64.6 Å². The average molecular weight is 372 g/mol. The van der Waals surface area contributed by atoms with Crippen molar-refractivity contribution < 1.29 is 19.1 Å². The van der Waals surface area contributed by atoms with E-state index in [1.807, 2.05) is 31.2 Å². The molecule has 0 bridgehead atoms. The number of nitrogens with one attached hydrogen (secondary N) is 1. The number of carbonyl (C=O) groups is 2. The summed E-state index contributed by atoms with van der Waals surface area (Å²) < 4.78 is 11.0. The average Bonchev–Trinajstić information content (AvgIpc) is 3.17. The second-order valence-corrected chi connectivity index (χ2v) is 6.31. The van der Waals surface area contributed by atoms with Crippen molar-refractivity contribution in [3.63, 3.8) is 0 Å². The van der Waals surface area contributed by atoms with Crippen molar-refractivity contribution in [2.24, 2.45) is 0 Å². The number of hydrogen-bond acceptors (Lipinski definition) is 5. The highest BCUT2D eigenvalue weighted by Crippen LogP contribution is 2.26. The molecule has 1 aromatic carbocycles. The SMILES string of the molecule is CCN1CCN(C(=O)c2cc(COc3ccccc3OC)[nH]n2)C(C)C1=O. The summed E-state index contributed by atoms with van der Waals surface area (Å²) in [7, 11) is 1.58. The van der Waals surface area contributed by atoms with Crippen molar-refractivity contribution in [1.82, 2.24) is 20.0 Å². The van der Waals surface area contributed by atoms with Gasteiger partial charge in [0, 0.05) is 19.6 Å².